The van der Waals surface area contributed by atoms with Crippen LogP contribution in [-0.2, 0) is 4.43 Å². The van der Waals surface area contributed by atoms with Crippen molar-refractivity contribution < 1.29 is 4.79 Å². The molecule has 2 heteroatoms. The summed E-state index contributed by atoms with van der Waals surface area (Å²) in [7, 11) is 0. The van der Waals surface area contributed by atoms with E-state index in [-0.39, 0.29) is 5.78 Å². The third kappa shape index (κ3) is 2.94. The Kier molecular flexibility index (Phi) is 3.94. The Morgan fingerprint density at radius 2 is 1.76 bits per heavy atom. The molecule has 0 saturated heterocycles. The van der Waals surface area contributed by atoms with Gasteiger partial charge in [0.05, 0.1) is 0 Å². The molecule has 2 rings (SSSR count). The maximum absolute atomic E-state index is 11.5. The lowest BCUT2D eigenvalue weighted by atomic mass is 9.99. The second kappa shape index (κ2) is 5.45. The van der Waals surface area contributed by atoms with Gasteiger partial charge in [-0.25, -0.2) is 0 Å². The van der Waals surface area contributed by atoms with Crippen LogP contribution in [0.3, 0.4) is 0 Å². The lowest BCUT2D eigenvalue weighted by Crippen LogP contribution is -1.94. The van der Waals surface area contributed by atoms with Gasteiger partial charge in [0.15, 0.2) is 5.78 Å². The van der Waals surface area contributed by atoms with E-state index in [4.69, 9.17) is 0 Å². The molecule has 1 nitrogen and oxygen atoms in total. The molecule has 0 N–H and O–H groups in total. The van der Waals surface area contributed by atoms with E-state index in [0.29, 0.717) is 0 Å². The van der Waals surface area contributed by atoms with E-state index >= 15 is 0 Å². The normalized spacial score (nSPS) is 10.2. The lowest BCUT2D eigenvalue weighted by Gasteiger charge is -2.07. The van der Waals surface area contributed by atoms with E-state index in [0.717, 1.165) is 21.1 Å². The van der Waals surface area contributed by atoms with Crippen LogP contribution in [0.1, 0.15) is 22.8 Å². The monoisotopic (exact) mass is 336 g/mol. The summed E-state index contributed by atoms with van der Waals surface area (Å²) in [5.41, 5.74) is 4.25. The fourth-order valence-corrected chi connectivity index (χ4v) is 2.21. The average Bonchev–Trinajstić information content (AvgIpc) is 2.39. The van der Waals surface area contributed by atoms with Crippen LogP contribution in [0.25, 0.3) is 11.1 Å². The van der Waals surface area contributed by atoms with Crippen LogP contribution < -0.4 is 0 Å². The minimum absolute atomic E-state index is 0.119. The number of benzene rings is 2. The molecule has 0 atom stereocenters. The van der Waals surface area contributed by atoms with Gasteiger partial charge in [0.25, 0.3) is 0 Å². The van der Waals surface area contributed by atoms with Gasteiger partial charge in [0.2, 0.25) is 0 Å². The number of hydrogen-bond acceptors (Lipinski definition) is 1. The third-order valence-corrected chi connectivity index (χ3v) is 3.54. The Morgan fingerprint density at radius 3 is 2.35 bits per heavy atom. The van der Waals surface area contributed by atoms with Crippen molar-refractivity contribution in [3.05, 3.63) is 59.7 Å². The van der Waals surface area contributed by atoms with Crippen LogP contribution in [-0.4, -0.2) is 5.78 Å². The molecule has 0 aliphatic carbocycles. The standard InChI is InChI=1S/C15H13IO/c1-11(17)14-7-12(10-16)8-15(9-14)13-5-3-2-4-6-13/h2-9H,10H2,1H3. The highest BCUT2D eigenvalue weighted by atomic mass is 127. The van der Waals surface area contributed by atoms with Gasteiger partial charge in [-0.1, -0.05) is 59.0 Å². The van der Waals surface area contributed by atoms with Crippen molar-refractivity contribution >= 4 is 28.4 Å². The summed E-state index contributed by atoms with van der Waals surface area (Å²) in [5, 5.41) is 0. The highest BCUT2D eigenvalue weighted by Gasteiger charge is 2.05. The van der Waals surface area contributed by atoms with Crippen LogP contribution in [0.5, 0.6) is 0 Å². The molecule has 0 amide bonds. The van der Waals surface area contributed by atoms with E-state index in [1.165, 1.54) is 5.56 Å². The van der Waals surface area contributed by atoms with Gasteiger partial charge < -0.3 is 0 Å². The molecule has 0 spiro atoms. The number of rotatable bonds is 3. The first-order valence-corrected chi connectivity index (χ1v) is 6.99. The second-order valence-corrected chi connectivity index (χ2v) is 4.74. The first-order valence-electron chi connectivity index (χ1n) is 5.47. The van der Waals surface area contributed by atoms with Gasteiger partial charge in [-0.15, -0.1) is 0 Å². The van der Waals surface area contributed by atoms with Crippen molar-refractivity contribution in [2.24, 2.45) is 0 Å². The number of Topliss-reactive ketones (excluding diaryl/α,β-unsaturated/α-hetero) is 1. The summed E-state index contributed by atoms with van der Waals surface area (Å²) in [6.07, 6.45) is 0. The predicted molar refractivity (Wildman–Crippen MR) is 79.6 cm³/mol. The Balaban J connectivity index is 2.54. The molecule has 0 radical (unpaired) electrons. The molecule has 0 heterocycles. The minimum atomic E-state index is 0.119. The molecule has 2 aromatic rings. The zero-order valence-electron chi connectivity index (χ0n) is 9.61. The van der Waals surface area contributed by atoms with Gasteiger partial charge in [0.1, 0.15) is 0 Å². The molecule has 0 aromatic heterocycles. The molecule has 0 aliphatic heterocycles. The number of halogens is 1. The average molecular weight is 336 g/mol. The Hall–Kier alpha value is -1.16. The molecule has 2 aromatic carbocycles. The van der Waals surface area contributed by atoms with Gasteiger partial charge in [0, 0.05) is 9.99 Å². The molecular formula is C15H13IO. The largest absolute Gasteiger partial charge is 0.295 e. The molecule has 86 valence electrons. The zero-order valence-corrected chi connectivity index (χ0v) is 11.8. The fraction of sp³-hybridized carbons (Fsp3) is 0.133. The molecule has 0 bridgehead atoms. The van der Waals surface area contributed by atoms with Gasteiger partial charge in [-0.2, -0.15) is 0 Å². The van der Waals surface area contributed by atoms with E-state index in [2.05, 4.69) is 40.8 Å². The quantitative estimate of drug-likeness (QED) is 0.458. The third-order valence-electron chi connectivity index (χ3n) is 2.66. The summed E-state index contributed by atoms with van der Waals surface area (Å²) in [4.78, 5) is 11.5. The smallest absolute Gasteiger partial charge is 0.159 e. The van der Waals surface area contributed by atoms with Crippen molar-refractivity contribution in [2.75, 3.05) is 0 Å². The Labute approximate surface area is 115 Å². The Bertz CT molecular complexity index is 532. The van der Waals surface area contributed by atoms with E-state index in [9.17, 15) is 4.79 Å². The summed E-state index contributed by atoms with van der Waals surface area (Å²) < 4.78 is 0.915. The van der Waals surface area contributed by atoms with Crippen LogP contribution in [0.15, 0.2) is 48.5 Å². The minimum Gasteiger partial charge on any atom is -0.295 e. The fourth-order valence-electron chi connectivity index (χ4n) is 1.77. The summed E-state index contributed by atoms with van der Waals surface area (Å²) in [5.74, 6) is 0.119. The summed E-state index contributed by atoms with van der Waals surface area (Å²) >= 11 is 2.32. The first-order chi connectivity index (χ1) is 8.20. The van der Waals surface area contributed by atoms with Crippen LogP contribution in [0, 0.1) is 0 Å². The number of alkyl halides is 1. The molecule has 0 unspecified atom stereocenters. The van der Waals surface area contributed by atoms with Gasteiger partial charge in [-0.3, -0.25) is 4.79 Å². The molecular weight excluding hydrogens is 323 g/mol. The number of carbonyl (C=O) groups excluding carboxylic acids is 1. The van der Waals surface area contributed by atoms with E-state index < -0.39 is 0 Å². The van der Waals surface area contributed by atoms with Crippen molar-refractivity contribution in [2.45, 2.75) is 11.4 Å². The van der Waals surface area contributed by atoms with Gasteiger partial charge in [-0.05, 0) is 35.7 Å². The van der Waals surface area contributed by atoms with Crippen molar-refractivity contribution in [1.82, 2.24) is 0 Å². The number of carbonyl (C=O) groups is 1. The topological polar surface area (TPSA) is 17.1 Å². The lowest BCUT2D eigenvalue weighted by molar-refractivity contribution is 0.101. The molecule has 0 saturated carbocycles. The number of hydrogen-bond donors (Lipinski definition) is 0. The maximum atomic E-state index is 11.5. The van der Waals surface area contributed by atoms with Crippen molar-refractivity contribution in [3.63, 3.8) is 0 Å². The zero-order chi connectivity index (χ0) is 12.3. The van der Waals surface area contributed by atoms with Crippen molar-refractivity contribution in [1.29, 1.82) is 0 Å². The predicted octanol–water partition coefficient (Wildman–Crippen LogP) is 4.49. The van der Waals surface area contributed by atoms with Crippen LogP contribution in [0.2, 0.25) is 0 Å². The molecule has 0 fully saturated rings. The Morgan fingerprint density at radius 1 is 1.06 bits per heavy atom. The van der Waals surface area contributed by atoms with Gasteiger partial charge >= 0.3 is 0 Å². The molecule has 17 heavy (non-hydrogen) atoms. The van der Waals surface area contributed by atoms with E-state index in [1.807, 2.05) is 30.3 Å². The second-order valence-electron chi connectivity index (χ2n) is 3.97. The number of ketones is 1. The summed E-state index contributed by atoms with van der Waals surface area (Å²) in [6.45, 7) is 1.61. The van der Waals surface area contributed by atoms with Crippen LogP contribution >= 0.6 is 22.6 Å². The highest BCUT2D eigenvalue weighted by Crippen LogP contribution is 2.23. The highest BCUT2D eigenvalue weighted by molar-refractivity contribution is 14.1. The van der Waals surface area contributed by atoms with Crippen LogP contribution in [0.4, 0.5) is 0 Å². The van der Waals surface area contributed by atoms with E-state index in [1.54, 1.807) is 6.92 Å². The molecule has 0 aliphatic rings. The first kappa shape index (κ1) is 12.3. The van der Waals surface area contributed by atoms with Crippen molar-refractivity contribution in [3.8, 4) is 11.1 Å². The summed E-state index contributed by atoms with van der Waals surface area (Å²) in [6, 6.07) is 16.2. The SMILES string of the molecule is CC(=O)c1cc(CI)cc(-c2ccccc2)c1. The maximum Gasteiger partial charge on any atom is 0.159 e.